The summed E-state index contributed by atoms with van der Waals surface area (Å²) in [6.45, 7) is 0.543. The van der Waals surface area contributed by atoms with Crippen molar-refractivity contribution < 1.29 is 9.53 Å². The molecule has 0 spiro atoms. The number of hydrogen-bond acceptors (Lipinski definition) is 4. The van der Waals surface area contributed by atoms with E-state index in [0.29, 0.717) is 12.2 Å². The average Bonchev–Trinajstić information content (AvgIpc) is 2.56. The molecule has 0 bridgehead atoms. The molecule has 0 aromatic heterocycles. The monoisotopic (exact) mass is 278 g/mol. The minimum absolute atomic E-state index is 0. The van der Waals surface area contributed by atoms with E-state index in [2.05, 4.69) is 0 Å². The van der Waals surface area contributed by atoms with Crippen LogP contribution in [0.1, 0.15) is 22.3 Å². The molecule has 0 fully saturated rings. The fourth-order valence-electron chi connectivity index (χ4n) is 1.42. The van der Waals surface area contributed by atoms with Crippen molar-refractivity contribution in [2.45, 2.75) is 13.0 Å². The van der Waals surface area contributed by atoms with Crippen LogP contribution in [0.5, 0.6) is 5.75 Å². The van der Waals surface area contributed by atoms with Gasteiger partial charge in [-0.15, -0.1) is 0 Å². The van der Waals surface area contributed by atoms with Gasteiger partial charge >= 0.3 is 0 Å². The second kappa shape index (κ2) is 9.77. The lowest BCUT2D eigenvalue weighted by Gasteiger charge is -2.05. The standard InChI is InChI=1S/C14H12O2.C3H2N2/c15-10-12-6-8-14(9-7-12)16-11-13-4-2-1-3-5-13;4-2-1-3-5/h1-10H,11H2;1H2. The van der Waals surface area contributed by atoms with Crippen molar-refractivity contribution in [3.05, 3.63) is 65.7 Å². The largest absolute Gasteiger partial charge is 0.489 e. The van der Waals surface area contributed by atoms with Crippen molar-refractivity contribution in [2.75, 3.05) is 0 Å². The fraction of sp³-hybridized carbons (Fsp3) is 0.118. The lowest BCUT2D eigenvalue weighted by molar-refractivity contribution is 0.112. The number of nitriles is 2. The zero-order chi connectivity index (χ0) is 15.3. The topological polar surface area (TPSA) is 73.9 Å². The summed E-state index contributed by atoms with van der Waals surface area (Å²) < 4.78 is 5.58. The van der Waals surface area contributed by atoms with Crippen LogP contribution in [-0.4, -0.2) is 6.29 Å². The van der Waals surface area contributed by atoms with Gasteiger partial charge in [0.1, 0.15) is 25.1 Å². The van der Waals surface area contributed by atoms with Gasteiger partial charge in [-0.3, -0.25) is 4.79 Å². The number of benzene rings is 2. The second-order valence-electron chi connectivity index (χ2n) is 3.95. The van der Waals surface area contributed by atoms with Gasteiger partial charge < -0.3 is 4.74 Å². The molecule has 0 aliphatic rings. The molecular weight excluding hydrogens is 264 g/mol. The summed E-state index contributed by atoms with van der Waals surface area (Å²) in [6.07, 6.45) is 0.820. The quantitative estimate of drug-likeness (QED) is 0.802. The van der Waals surface area contributed by atoms with Crippen LogP contribution in [0.2, 0.25) is 0 Å². The molecule has 4 nitrogen and oxygen atoms in total. The number of ether oxygens (including phenoxy) is 1. The van der Waals surface area contributed by atoms with Crippen molar-refractivity contribution in [2.24, 2.45) is 0 Å². The summed E-state index contributed by atoms with van der Waals surface area (Å²) in [7, 11) is 0. The van der Waals surface area contributed by atoms with Crippen LogP contribution in [0, 0.1) is 22.7 Å². The molecule has 2 aromatic carbocycles. The lowest BCUT2D eigenvalue weighted by atomic mass is 10.2. The summed E-state index contributed by atoms with van der Waals surface area (Å²) >= 11 is 0. The van der Waals surface area contributed by atoms with Crippen molar-refractivity contribution in [3.63, 3.8) is 0 Å². The first-order valence-corrected chi connectivity index (χ1v) is 6.26. The van der Waals surface area contributed by atoms with E-state index in [1.165, 1.54) is 0 Å². The Morgan fingerprint density at radius 1 is 0.952 bits per heavy atom. The van der Waals surface area contributed by atoms with Crippen molar-refractivity contribution >= 4 is 6.29 Å². The molecule has 21 heavy (non-hydrogen) atoms. The molecule has 0 aliphatic heterocycles. The van der Waals surface area contributed by atoms with E-state index < -0.39 is 0 Å². The first kappa shape index (κ1) is 15.9. The zero-order valence-corrected chi connectivity index (χ0v) is 11.4. The maximum absolute atomic E-state index is 10.5. The molecule has 0 atom stereocenters. The molecule has 2 aromatic rings. The second-order valence-corrected chi connectivity index (χ2v) is 3.95. The smallest absolute Gasteiger partial charge is 0.150 e. The van der Waals surface area contributed by atoms with E-state index in [1.54, 1.807) is 36.4 Å². The molecule has 104 valence electrons. The molecule has 0 radical (unpaired) electrons. The highest BCUT2D eigenvalue weighted by Crippen LogP contribution is 2.13. The minimum Gasteiger partial charge on any atom is -0.489 e. The van der Waals surface area contributed by atoms with Gasteiger partial charge in [-0.25, -0.2) is 0 Å². The first-order valence-electron chi connectivity index (χ1n) is 6.26. The highest BCUT2D eigenvalue weighted by Gasteiger charge is 1.95. The van der Waals surface area contributed by atoms with Crippen LogP contribution >= 0.6 is 0 Å². The molecule has 0 saturated carbocycles. The van der Waals surface area contributed by atoms with Gasteiger partial charge in [-0.2, -0.15) is 10.5 Å². The molecule has 0 saturated heterocycles. The van der Waals surface area contributed by atoms with Crippen LogP contribution in [0.15, 0.2) is 54.6 Å². The molecule has 0 N–H and O–H groups in total. The number of carbonyl (C=O) groups is 1. The van der Waals surface area contributed by atoms with E-state index >= 15 is 0 Å². The van der Waals surface area contributed by atoms with Gasteiger partial charge in [0.15, 0.2) is 0 Å². The molecule has 2 rings (SSSR count). The predicted molar refractivity (Wildman–Crippen MR) is 78.4 cm³/mol. The van der Waals surface area contributed by atoms with Gasteiger partial charge in [0.25, 0.3) is 0 Å². The summed E-state index contributed by atoms with van der Waals surface area (Å²) in [6, 6.07) is 20.4. The summed E-state index contributed by atoms with van der Waals surface area (Å²) in [5, 5.41) is 15.2. The molecule has 0 amide bonds. The third-order valence-corrected chi connectivity index (χ3v) is 2.42. The number of nitrogens with zero attached hydrogens (tertiary/aromatic N) is 2. The zero-order valence-electron chi connectivity index (χ0n) is 11.4. The van der Waals surface area contributed by atoms with E-state index in [9.17, 15) is 4.79 Å². The Kier molecular flexibility index (Phi) is 7.42. The fourth-order valence-corrected chi connectivity index (χ4v) is 1.42. The van der Waals surface area contributed by atoms with Crippen LogP contribution in [0.3, 0.4) is 0 Å². The van der Waals surface area contributed by atoms with Crippen LogP contribution in [0.25, 0.3) is 0 Å². The Balaban J connectivity index is 0.000000383. The van der Waals surface area contributed by atoms with Gasteiger partial charge in [0, 0.05) is 5.56 Å². The Labute approximate surface area is 123 Å². The van der Waals surface area contributed by atoms with Gasteiger partial charge in [-0.1, -0.05) is 30.3 Å². The van der Waals surface area contributed by atoms with Crippen molar-refractivity contribution in [1.29, 1.82) is 10.5 Å². The van der Waals surface area contributed by atoms with E-state index in [0.717, 1.165) is 17.6 Å². The summed E-state index contributed by atoms with van der Waals surface area (Å²) in [4.78, 5) is 10.5. The van der Waals surface area contributed by atoms with Crippen molar-refractivity contribution in [1.82, 2.24) is 0 Å². The van der Waals surface area contributed by atoms with E-state index in [-0.39, 0.29) is 6.42 Å². The van der Waals surface area contributed by atoms with Gasteiger partial charge in [-0.05, 0) is 29.8 Å². The molecule has 0 unspecified atom stereocenters. The van der Waals surface area contributed by atoms with Crippen molar-refractivity contribution in [3.8, 4) is 17.9 Å². The number of carbonyl (C=O) groups excluding carboxylic acids is 1. The first-order chi connectivity index (χ1) is 10.3. The van der Waals surface area contributed by atoms with E-state index in [1.807, 2.05) is 30.3 Å². The summed E-state index contributed by atoms with van der Waals surface area (Å²) in [5.41, 5.74) is 1.79. The third-order valence-electron chi connectivity index (χ3n) is 2.42. The normalized spacial score (nSPS) is 8.48. The van der Waals surface area contributed by atoms with Gasteiger partial charge in [0.2, 0.25) is 0 Å². The number of aldehydes is 1. The Morgan fingerprint density at radius 3 is 2.05 bits per heavy atom. The van der Waals surface area contributed by atoms with Crippen LogP contribution in [-0.2, 0) is 6.61 Å². The average molecular weight is 278 g/mol. The number of hydrogen-bond donors (Lipinski definition) is 0. The van der Waals surface area contributed by atoms with Gasteiger partial charge in [0.05, 0.1) is 12.1 Å². The lowest BCUT2D eigenvalue weighted by Crippen LogP contribution is -1.94. The molecule has 0 aliphatic carbocycles. The number of rotatable bonds is 4. The third kappa shape index (κ3) is 6.56. The predicted octanol–water partition coefficient (Wildman–Crippen LogP) is 3.50. The highest BCUT2D eigenvalue weighted by molar-refractivity contribution is 5.74. The minimum atomic E-state index is 0. The Bertz CT molecular complexity index is 611. The maximum atomic E-state index is 10.5. The molecule has 0 heterocycles. The van der Waals surface area contributed by atoms with Crippen LogP contribution < -0.4 is 4.74 Å². The maximum Gasteiger partial charge on any atom is 0.150 e. The Morgan fingerprint density at radius 2 is 1.57 bits per heavy atom. The van der Waals surface area contributed by atoms with Crippen LogP contribution in [0.4, 0.5) is 0 Å². The highest BCUT2D eigenvalue weighted by atomic mass is 16.5. The Hall–Kier alpha value is -3.11. The van der Waals surface area contributed by atoms with E-state index in [4.69, 9.17) is 15.3 Å². The SMILES string of the molecule is N#CCC#N.O=Cc1ccc(OCc2ccccc2)cc1. The molecular formula is C17H14N2O2. The summed E-state index contributed by atoms with van der Waals surface area (Å²) in [5.74, 6) is 0.773. The molecule has 4 heteroatoms.